The number of ketones is 1. The Labute approximate surface area is 61.6 Å². The molecule has 0 fully saturated rings. The van der Waals surface area contributed by atoms with Crippen molar-refractivity contribution >= 4 is 11.5 Å². The standard InChI is InChI=1S/C7H5NO3/c1-2-3(9)4-5(8)7(11)6(4)10/h2H,1,8H2. The molecule has 2 N–H and O–H groups in total. The van der Waals surface area contributed by atoms with Crippen LogP contribution in [0.5, 0.6) is 0 Å². The van der Waals surface area contributed by atoms with E-state index < -0.39 is 16.6 Å². The normalized spacial score (nSPS) is 9.82. The number of allylic oxidation sites excluding steroid dienone is 1. The fraction of sp³-hybridized carbons (Fsp3) is 0. The van der Waals surface area contributed by atoms with Crippen molar-refractivity contribution in [3.63, 3.8) is 0 Å². The van der Waals surface area contributed by atoms with Crippen LogP contribution in [0.3, 0.4) is 0 Å². The third kappa shape index (κ3) is 0.797. The monoisotopic (exact) mass is 151 g/mol. The Balaban J connectivity index is 3.30. The zero-order valence-corrected chi connectivity index (χ0v) is 5.59. The summed E-state index contributed by atoms with van der Waals surface area (Å²) in [4.78, 5) is 31.8. The molecule has 1 aromatic carbocycles. The minimum absolute atomic E-state index is 0.231. The van der Waals surface area contributed by atoms with Gasteiger partial charge in [0.2, 0.25) is 10.9 Å². The third-order valence-corrected chi connectivity index (χ3v) is 1.38. The molecule has 0 aliphatic heterocycles. The molecule has 11 heavy (non-hydrogen) atoms. The molecule has 4 heteroatoms. The van der Waals surface area contributed by atoms with Crippen LogP contribution < -0.4 is 16.6 Å². The van der Waals surface area contributed by atoms with Crippen molar-refractivity contribution in [2.45, 2.75) is 0 Å². The summed E-state index contributed by atoms with van der Waals surface area (Å²) >= 11 is 0. The fourth-order valence-electron chi connectivity index (χ4n) is 0.756. The molecular formula is C7H5NO3. The van der Waals surface area contributed by atoms with Crippen molar-refractivity contribution in [2.75, 3.05) is 5.73 Å². The highest BCUT2D eigenvalue weighted by molar-refractivity contribution is 6.09. The van der Waals surface area contributed by atoms with Crippen LogP contribution in [0.15, 0.2) is 22.2 Å². The van der Waals surface area contributed by atoms with E-state index in [1.165, 1.54) is 0 Å². The van der Waals surface area contributed by atoms with Gasteiger partial charge in [0, 0.05) is 0 Å². The van der Waals surface area contributed by atoms with E-state index in [4.69, 9.17) is 5.73 Å². The van der Waals surface area contributed by atoms with E-state index in [1.54, 1.807) is 0 Å². The quantitative estimate of drug-likeness (QED) is 0.342. The molecule has 0 aliphatic carbocycles. The summed E-state index contributed by atoms with van der Waals surface area (Å²) < 4.78 is 0. The zero-order chi connectivity index (χ0) is 8.59. The largest absolute Gasteiger partial charge is 0.395 e. The highest BCUT2D eigenvalue weighted by Gasteiger charge is 2.21. The number of nitrogens with two attached hydrogens (primary N) is 1. The molecule has 0 atom stereocenters. The van der Waals surface area contributed by atoms with Gasteiger partial charge in [-0.05, 0) is 6.08 Å². The average molecular weight is 151 g/mol. The van der Waals surface area contributed by atoms with Crippen LogP contribution in [0.4, 0.5) is 5.69 Å². The number of carbonyl (C=O) groups is 1. The number of hydrogen-bond donors (Lipinski definition) is 1. The topological polar surface area (TPSA) is 77.2 Å². The number of rotatable bonds is 2. The second-order valence-corrected chi connectivity index (χ2v) is 2.02. The Morgan fingerprint density at radius 2 is 1.91 bits per heavy atom. The van der Waals surface area contributed by atoms with E-state index in [1.807, 2.05) is 0 Å². The van der Waals surface area contributed by atoms with Crippen molar-refractivity contribution in [1.29, 1.82) is 0 Å². The molecule has 1 aromatic rings. The number of hydrogen-bond acceptors (Lipinski definition) is 4. The van der Waals surface area contributed by atoms with Crippen molar-refractivity contribution in [1.82, 2.24) is 0 Å². The summed E-state index contributed by atoms with van der Waals surface area (Å²) in [6.45, 7) is 3.15. The van der Waals surface area contributed by atoms with Gasteiger partial charge in [-0.3, -0.25) is 14.4 Å². The highest BCUT2D eigenvalue weighted by Crippen LogP contribution is 2.02. The van der Waals surface area contributed by atoms with Gasteiger partial charge in [0.1, 0.15) is 5.56 Å². The first-order valence-electron chi connectivity index (χ1n) is 2.85. The van der Waals surface area contributed by atoms with Gasteiger partial charge < -0.3 is 5.73 Å². The maximum atomic E-state index is 10.7. The van der Waals surface area contributed by atoms with E-state index in [2.05, 4.69) is 6.58 Å². The molecule has 1 rings (SSSR count). The summed E-state index contributed by atoms with van der Waals surface area (Å²) in [6.07, 6.45) is 0.951. The van der Waals surface area contributed by atoms with Gasteiger partial charge in [0.25, 0.3) is 0 Å². The van der Waals surface area contributed by atoms with Gasteiger partial charge in [0.05, 0.1) is 5.69 Å². The maximum absolute atomic E-state index is 10.7. The molecule has 0 aromatic heterocycles. The van der Waals surface area contributed by atoms with Gasteiger partial charge in [0.15, 0.2) is 5.78 Å². The second kappa shape index (κ2) is 2.16. The van der Waals surface area contributed by atoms with E-state index in [9.17, 15) is 14.4 Å². The lowest BCUT2D eigenvalue weighted by Crippen LogP contribution is -2.40. The van der Waals surface area contributed by atoms with Crippen molar-refractivity contribution < 1.29 is 4.79 Å². The van der Waals surface area contributed by atoms with Crippen LogP contribution >= 0.6 is 0 Å². The molecule has 0 saturated heterocycles. The smallest absolute Gasteiger partial charge is 0.250 e. The first-order chi connectivity index (χ1) is 5.09. The Hall–Kier alpha value is -1.71. The minimum Gasteiger partial charge on any atom is -0.395 e. The molecule has 56 valence electrons. The zero-order valence-electron chi connectivity index (χ0n) is 5.59. The van der Waals surface area contributed by atoms with Crippen molar-refractivity contribution in [3.05, 3.63) is 38.7 Å². The summed E-state index contributed by atoms with van der Waals surface area (Å²) in [7, 11) is 0. The van der Waals surface area contributed by atoms with E-state index in [0.717, 1.165) is 6.08 Å². The van der Waals surface area contributed by atoms with Gasteiger partial charge in [-0.2, -0.15) is 0 Å². The Morgan fingerprint density at radius 1 is 1.36 bits per heavy atom. The lowest BCUT2D eigenvalue weighted by Gasteiger charge is -2.00. The number of anilines is 1. The molecule has 0 amide bonds. The summed E-state index contributed by atoms with van der Waals surface area (Å²) in [5, 5.41) is 0. The number of carbonyl (C=O) groups excluding carboxylic acids is 1. The van der Waals surface area contributed by atoms with Crippen LogP contribution in [0.1, 0.15) is 10.4 Å². The van der Waals surface area contributed by atoms with Crippen LogP contribution in [0, 0.1) is 0 Å². The summed E-state index contributed by atoms with van der Waals surface area (Å²) in [5.41, 5.74) is 3.00. The average Bonchev–Trinajstić information content (AvgIpc) is 2.04. The molecular weight excluding hydrogens is 146 g/mol. The fourth-order valence-corrected chi connectivity index (χ4v) is 0.756. The van der Waals surface area contributed by atoms with Crippen molar-refractivity contribution in [3.8, 4) is 0 Å². The molecule has 0 bridgehead atoms. The molecule has 0 spiro atoms. The molecule has 0 aliphatic rings. The first kappa shape index (κ1) is 7.40. The lowest BCUT2D eigenvalue weighted by atomic mass is 10.0. The Bertz CT molecular complexity index is 396. The second-order valence-electron chi connectivity index (χ2n) is 2.02. The molecule has 4 nitrogen and oxygen atoms in total. The van der Waals surface area contributed by atoms with Crippen LogP contribution in [-0.2, 0) is 0 Å². The van der Waals surface area contributed by atoms with E-state index >= 15 is 0 Å². The molecule has 0 heterocycles. The first-order valence-corrected chi connectivity index (χ1v) is 2.85. The minimum atomic E-state index is -0.813. The van der Waals surface area contributed by atoms with E-state index in [-0.39, 0.29) is 11.3 Å². The third-order valence-electron chi connectivity index (χ3n) is 1.38. The van der Waals surface area contributed by atoms with E-state index in [0.29, 0.717) is 0 Å². The van der Waals surface area contributed by atoms with Gasteiger partial charge in [-0.1, -0.05) is 6.58 Å². The van der Waals surface area contributed by atoms with Crippen LogP contribution in [0.25, 0.3) is 0 Å². The van der Waals surface area contributed by atoms with Crippen LogP contribution in [0.2, 0.25) is 0 Å². The number of nitrogen functional groups attached to an aromatic ring is 1. The molecule has 0 radical (unpaired) electrons. The SMILES string of the molecule is C=CC(=O)c1c(N)c(=O)c1=O. The Kier molecular flexibility index (Phi) is 1.45. The summed E-state index contributed by atoms with van der Waals surface area (Å²) in [5.74, 6) is -0.591. The maximum Gasteiger partial charge on any atom is 0.250 e. The van der Waals surface area contributed by atoms with Crippen molar-refractivity contribution in [2.24, 2.45) is 0 Å². The van der Waals surface area contributed by atoms with Crippen LogP contribution in [-0.4, -0.2) is 5.78 Å². The highest BCUT2D eigenvalue weighted by atomic mass is 16.2. The Morgan fingerprint density at radius 3 is 2.27 bits per heavy atom. The molecule has 0 unspecified atom stereocenters. The molecule has 0 saturated carbocycles. The summed E-state index contributed by atoms with van der Waals surface area (Å²) in [6, 6.07) is 0. The van der Waals surface area contributed by atoms with Gasteiger partial charge in [-0.25, -0.2) is 0 Å². The predicted octanol–water partition coefficient (Wildman–Crippen LogP) is -0.767. The van der Waals surface area contributed by atoms with Gasteiger partial charge in [-0.15, -0.1) is 0 Å². The lowest BCUT2D eigenvalue weighted by molar-refractivity contribution is 0.104. The predicted molar refractivity (Wildman–Crippen MR) is 40.3 cm³/mol. The van der Waals surface area contributed by atoms with Gasteiger partial charge >= 0.3 is 0 Å².